The Labute approximate surface area is 88.8 Å². The van der Waals surface area contributed by atoms with Gasteiger partial charge in [-0.3, -0.25) is 4.99 Å². The number of nitrogens with zero attached hydrogens (tertiary/aromatic N) is 1. The van der Waals surface area contributed by atoms with E-state index in [9.17, 15) is 0 Å². The Morgan fingerprint density at radius 3 is 2.69 bits per heavy atom. The Kier molecular flexibility index (Phi) is 7.90. The molecule has 0 aliphatic heterocycles. The molecular formula is C10H17BrN2. The first-order valence-electron chi connectivity index (χ1n) is 4.60. The summed E-state index contributed by atoms with van der Waals surface area (Å²) < 4.78 is 0.711. The number of hydrogen-bond donors (Lipinski definition) is 1. The molecule has 3 heteroatoms. The second-order valence-corrected chi connectivity index (χ2v) is 3.90. The first-order valence-corrected chi connectivity index (χ1v) is 5.39. The summed E-state index contributed by atoms with van der Waals surface area (Å²) in [6, 6.07) is 0. The summed E-state index contributed by atoms with van der Waals surface area (Å²) in [4.78, 5) is 4.22. The fraction of sp³-hybridized carbons (Fsp3) is 0.600. The zero-order valence-electron chi connectivity index (χ0n) is 8.31. The van der Waals surface area contributed by atoms with Crippen molar-refractivity contribution in [3.63, 3.8) is 0 Å². The molecule has 0 heterocycles. The van der Waals surface area contributed by atoms with Crippen LogP contribution in [0.3, 0.4) is 0 Å². The zero-order valence-corrected chi connectivity index (χ0v) is 9.89. The largest absolute Gasteiger partial charge is 0.308 e. The van der Waals surface area contributed by atoms with Crippen molar-refractivity contribution < 1.29 is 0 Å². The number of halogens is 1. The maximum absolute atomic E-state index is 6.91. The summed E-state index contributed by atoms with van der Waals surface area (Å²) in [7, 11) is 0. The molecule has 0 radical (unpaired) electrons. The fourth-order valence-corrected chi connectivity index (χ4v) is 1.01. The van der Waals surface area contributed by atoms with Crippen LogP contribution in [-0.2, 0) is 0 Å². The summed E-state index contributed by atoms with van der Waals surface area (Å²) >= 11 is 3.20. The highest BCUT2D eigenvalue weighted by Gasteiger charge is 1.90. The van der Waals surface area contributed by atoms with Crippen LogP contribution in [0.2, 0.25) is 0 Å². The predicted molar refractivity (Wildman–Crippen MR) is 63.0 cm³/mol. The van der Waals surface area contributed by atoms with Crippen LogP contribution in [0.25, 0.3) is 0 Å². The maximum Gasteiger partial charge on any atom is 0.0533 e. The number of nitrogens with one attached hydrogen (secondary N) is 1. The number of unbranched alkanes of at least 4 members (excludes halogenated alkanes) is 2. The predicted octanol–water partition coefficient (Wildman–Crippen LogP) is 3.91. The molecule has 0 aromatic rings. The van der Waals surface area contributed by atoms with Gasteiger partial charge in [0.1, 0.15) is 0 Å². The molecule has 74 valence electrons. The van der Waals surface area contributed by atoms with Crippen LogP contribution in [0.15, 0.2) is 15.7 Å². The van der Waals surface area contributed by atoms with Crippen molar-refractivity contribution >= 4 is 27.9 Å². The van der Waals surface area contributed by atoms with E-state index in [0.717, 1.165) is 12.1 Å². The molecule has 0 saturated carbocycles. The highest BCUT2D eigenvalue weighted by atomic mass is 79.9. The molecule has 0 aromatic heterocycles. The molecular weight excluding hydrogens is 228 g/mol. The average Bonchev–Trinajstić information content (AvgIpc) is 2.14. The summed E-state index contributed by atoms with van der Waals surface area (Å²) in [6.07, 6.45) is 7.69. The number of allylic oxidation sites excluding steroid dienone is 1. The van der Waals surface area contributed by atoms with E-state index in [1.807, 2.05) is 6.92 Å². The molecule has 0 unspecified atom stereocenters. The van der Waals surface area contributed by atoms with E-state index < -0.39 is 0 Å². The molecule has 1 N–H and O–H groups in total. The SMILES string of the molecule is CCCCCC(C)=N/C=C(/Br)C=N. The van der Waals surface area contributed by atoms with Gasteiger partial charge in [0.05, 0.1) is 4.48 Å². The lowest BCUT2D eigenvalue weighted by Gasteiger charge is -1.97. The first-order chi connectivity index (χ1) is 6.20. The van der Waals surface area contributed by atoms with E-state index in [1.54, 1.807) is 6.20 Å². The molecule has 0 bridgehead atoms. The molecule has 0 aromatic carbocycles. The molecule has 0 spiro atoms. The Bertz CT molecular complexity index is 207. The zero-order chi connectivity index (χ0) is 10.1. The van der Waals surface area contributed by atoms with Crippen molar-refractivity contribution in [1.29, 1.82) is 5.41 Å². The maximum atomic E-state index is 6.91. The average molecular weight is 245 g/mol. The van der Waals surface area contributed by atoms with Gasteiger partial charge in [-0.15, -0.1) is 0 Å². The van der Waals surface area contributed by atoms with Crippen molar-refractivity contribution in [2.75, 3.05) is 0 Å². The van der Waals surface area contributed by atoms with Gasteiger partial charge >= 0.3 is 0 Å². The van der Waals surface area contributed by atoms with Crippen molar-refractivity contribution in [3.05, 3.63) is 10.7 Å². The molecule has 0 saturated heterocycles. The van der Waals surface area contributed by atoms with Gasteiger partial charge in [0, 0.05) is 18.1 Å². The third-order valence-electron chi connectivity index (χ3n) is 1.69. The Balaban J connectivity index is 3.81. The minimum Gasteiger partial charge on any atom is -0.308 e. The van der Waals surface area contributed by atoms with Crippen LogP contribution < -0.4 is 0 Å². The number of aliphatic imine (C=N–C) groups is 1. The minimum atomic E-state index is 0.711. The van der Waals surface area contributed by atoms with Gasteiger partial charge in [0.15, 0.2) is 0 Å². The number of rotatable bonds is 6. The minimum absolute atomic E-state index is 0.711. The van der Waals surface area contributed by atoms with Crippen molar-refractivity contribution in [2.45, 2.75) is 39.5 Å². The fourth-order valence-electron chi connectivity index (χ4n) is 0.905. The Morgan fingerprint density at radius 1 is 1.46 bits per heavy atom. The third-order valence-corrected chi connectivity index (χ3v) is 2.12. The molecule has 0 rings (SSSR count). The molecule has 13 heavy (non-hydrogen) atoms. The van der Waals surface area contributed by atoms with Gasteiger partial charge in [-0.1, -0.05) is 19.8 Å². The van der Waals surface area contributed by atoms with E-state index in [4.69, 9.17) is 5.41 Å². The third kappa shape index (κ3) is 7.91. The van der Waals surface area contributed by atoms with E-state index in [2.05, 4.69) is 27.8 Å². The summed E-state index contributed by atoms with van der Waals surface area (Å²) in [5.74, 6) is 0. The molecule has 0 amide bonds. The van der Waals surface area contributed by atoms with Crippen molar-refractivity contribution in [3.8, 4) is 0 Å². The van der Waals surface area contributed by atoms with Crippen LogP contribution in [0.4, 0.5) is 0 Å². The van der Waals surface area contributed by atoms with Gasteiger partial charge < -0.3 is 5.41 Å². The van der Waals surface area contributed by atoms with Crippen molar-refractivity contribution in [1.82, 2.24) is 0 Å². The second-order valence-electron chi connectivity index (χ2n) is 2.98. The highest BCUT2D eigenvalue weighted by molar-refractivity contribution is 9.12. The molecule has 2 nitrogen and oxygen atoms in total. The van der Waals surface area contributed by atoms with Gasteiger partial charge in [-0.05, 0) is 35.7 Å². The normalized spacial score (nSPS) is 13.2. The van der Waals surface area contributed by atoms with Crippen LogP contribution >= 0.6 is 15.9 Å². The van der Waals surface area contributed by atoms with Crippen LogP contribution in [0.5, 0.6) is 0 Å². The Hall–Kier alpha value is -0.440. The summed E-state index contributed by atoms with van der Waals surface area (Å²) in [5, 5.41) is 6.91. The summed E-state index contributed by atoms with van der Waals surface area (Å²) in [6.45, 7) is 4.22. The van der Waals surface area contributed by atoms with Gasteiger partial charge in [0.2, 0.25) is 0 Å². The lowest BCUT2D eigenvalue weighted by atomic mass is 10.1. The molecule has 0 aliphatic carbocycles. The van der Waals surface area contributed by atoms with Crippen LogP contribution in [0, 0.1) is 5.41 Å². The molecule has 0 aliphatic rings. The highest BCUT2D eigenvalue weighted by Crippen LogP contribution is 2.03. The summed E-state index contributed by atoms with van der Waals surface area (Å²) in [5.41, 5.74) is 1.13. The standard InChI is InChI=1S/C10H17BrN2/c1-3-4-5-6-9(2)13-8-10(11)7-12/h7-8,12H,3-6H2,1-2H3/b10-8+,12-7?,13-9?. The first kappa shape index (κ1) is 12.6. The van der Waals surface area contributed by atoms with Crippen molar-refractivity contribution in [2.24, 2.45) is 4.99 Å². The topological polar surface area (TPSA) is 36.2 Å². The number of hydrogen-bond acceptors (Lipinski definition) is 2. The van der Waals surface area contributed by atoms with E-state index in [1.165, 1.54) is 25.5 Å². The smallest absolute Gasteiger partial charge is 0.0533 e. The van der Waals surface area contributed by atoms with Crippen LogP contribution in [0.1, 0.15) is 39.5 Å². The lowest BCUT2D eigenvalue weighted by molar-refractivity contribution is 0.741. The lowest BCUT2D eigenvalue weighted by Crippen LogP contribution is -1.90. The quantitative estimate of drug-likeness (QED) is 0.544. The monoisotopic (exact) mass is 244 g/mol. The Morgan fingerprint density at radius 2 is 2.15 bits per heavy atom. The van der Waals surface area contributed by atoms with Gasteiger partial charge in [0.25, 0.3) is 0 Å². The van der Waals surface area contributed by atoms with Crippen LogP contribution in [-0.4, -0.2) is 11.9 Å². The molecule has 0 fully saturated rings. The van der Waals surface area contributed by atoms with E-state index >= 15 is 0 Å². The molecule has 0 atom stereocenters. The van der Waals surface area contributed by atoms with Gasteiger partial charge in [-0.2, -0.15) is 0 Å². The van der Waals surface area contributed by atoms with E-state index in [-0.39, 0.29) is 0 Å². The van der Waals surface area contributed by atoms with E-state index in [0.29, 0.717) is 4.48 Å². The van der Waals surface area contributed by atoms with Gasteiger partial charge in [-0.25, -0.2) is 0 Å². The second kappa shape index (κ2) is 8.17.